The Morgan fingerprint density at radius 2 is 2.00 bits per heavy atom. The molecule has 1 aromatic heterocycles. The predicted molar refractivity (Wildman–Crippen MR) is 121 cm³/mol. The fourth-order valence-electron chi connectivity index (χ4n) is 4.92. The minimum atomic E-state index is 0.132. The Bertz CT molecular complexity index is 974. The molecule has 0 bridgehead atoms. The van der Waals surface area contributed by atoms with Crippen LogP contribution in [0.4, 0.5) is 0 Å². The van der Waals surface area contributed by atoms with Crippen LogP contribution in [0, 0.1) is 5.92 Å². The first-order valence-electron chi connectivity index (χ1n) is 11.9. The maximum absolute atomic E-state index is 13.2. The van der Waals surface area contributed by atoms with E-state index in [0.29, 0.717) is 32.5 Å². The summed E-state index contributed by atoms with van der Waals surface area (Å²) in [5.74, 6) is 1.54. The Morgan fingerprint density at radius 3 is 2.81 bits per heavy atom. The van der Waals surface area contributed by atoms with Gasteiger partial charge in [-0.05, 0) is 61.8 Å². The zero-order valence-electron chi connectivity index (χ0n) is 18.5. The quantitative estimate of drug-likeness (QED) is 0.718. The molecule has 1 atom stereocenters. The number of amides is 2. The molecule has 1 unspecified atom stereocenters. The topological polar surface area (TPSA) is 62.7 Å². The number of benzene rings is 1. The van der Waals surface area contributed by atoms with Crippen LogP contribution in [0.3, 0.4) is 0 Å². The second-order valence-corrected chi connectivity index (χ2v) is 9.21. The molecule has 5 rings (SSSR count). The molecule has 1 saturated heterocycles. The molecule has 3 aliphatic rings. The van der Waals surface area contributed by atoms with Crippen molar-refractivity contribution in [3.63, 3.8) is 0 Å². The molecule has 6 nitrogen and oxygen atoms in total. The Labute approximate surface area is 189 Å². The molecule has 1 aromatic carbocycles. The summed E-state index contributed by atoms with van der Waals surface area (Å²) in [4.78, 5) is 33.9. The summed E-state index contributed by atoms with van der Waals surface area (Å²) in [6.07, 6.45) is 10.1. The van der Waals surface area contributed by atoms with Gasteiger partial charge >= 0.3 is 0 Å². The number of hydrogen-bond acceptors (Lipinski definition) is 4. The smallest absolute Gasteiger partial charge is 0.226 e. The van der Waals surface area contributed by atoms with E-state index in [9.17, 15) is 9.59 Å². The van der Waals surface area contributed by atoms with Gasteiger partial charge in [0.2, 0.25) is 11.8 Å². The molecule has 1 saturated carbocycles. The molecular weight excluding hydrogens is 402 g/mol. The molecule has 2 aromatic rings. The molecule has 0 spiro atoms. The molecule has 2 fully saturated rings. The van der Waals surface area contributed by atoms with Crippen molar-refractivity contribution in [2.75, 3.05) is 19.7 Å². The van der Waals surface area contributed by atoms with Crippen LogP contribution in [0.5, 0.6) is 5.75 Å². The summed E-state index contributed by atoms with van der Waals surface area (Å²) >= 11 is 0. The minimum absolute atomic E-state index is 0.132. The highest BCUT2D eigenvalue weighted by atomic mass is 16.5. The second kappa shape index (κ2) is 9.31. The Balaban J connectivity index is 1.24. The predicted octanol–water partition coefficient (Wildman–Crippen LogP) is 3.90. The van der Waals surface area contributed by atoms with E-state index in [-0.39, 0.29) is 23.8 Å². The van der Waals surface area contributed by atoms with Gasteiger partial charge in [-0.2, -0.15) is 0 Å². The van der Waals surface area contributed by atoms with E-state index in [1.165, 1.54) is 0 Å². The normalized spacial score (nSPS) is 20.8. The van der Waals surface area contributed by atoms with Gasteiger partial charge in [0.15, 0.2) is 0 Å². The maximum Gasteiger partial charge on any atom is 0.226 e. The van der Waals surface area contributed by atoms with Gasteiger partial charge in [-0.1, -0.05) is 18.2 Å². The highest BCUT2D eigenvalue weighted by molar-refractivity contribution is 5.81. The first-order chi connectivity index (χ1) is 15.7. The number of aryl methyl sites for hydroxylation is 1. The van der Waals surface area contributed by atoms with Crippen LogP contribution in [-0.2, 0) is 22.6 Å². The van der Waals surface area contributed by atoms with Crippen molar-refractivity contribution in [2.24, 2.45) is 5.92 Å². The summed E-state index contributed by atoms with van der Waals surface area (Å²) in [7, 11) is 0. The van der Waals surface area contributed by atoms with Crippen molar-refractivity contribution in [3.05, 3.63) is 59.4 Å². The van der Waals surface area contributed by atoms with E-state index >= 15 is 0 Å². The van der Waals surface area contributed by atoms with Gasteiger partial charge < -0.3 is 14.5 Å². The molecule has 32 heavy (non-hydrogen) atoms. The fraction of sp³-hybridized carbons (Fsp3) is 0.500. The lowest BCUT2D eigenvalue weighted by molar-refractivity contribution is -0.135. The molecule has 168 valence electrons. The number of likely N-dealkylation sites (tertiary alicyclic amines) is 1. The number of hydrogen-bond donors (Lipinski definition) is 0. The Morgan fingerprint density at radius 1 is 1.09 bits per heavy atom. The standard InChI is InChI=1S/C26H31N3O3/c30-25(29-13-2-1-5-23(29)21-4-3-12-27-17-21)11-7-19-6-10-24-22(16-19)18-28(14-15-32-24)26(31)20-8-9-20/h3-4,6,10,12,16-17,20,23H,1-2,5,7-9,11,13-15,18H2. The largest absolute Gasteiger partial charge is 0.491 e. The van der Waals surface area contributed by atoms with Crippen molar-refractivity contribution < 1.29 is 14.3 Å². The van der Waals surface area contributed by atoms with Gasteiger partial charge in [-0.25, -0.2) is 0 Å². The average Bonchev–Trinajstić information content (AvgIpc) is 3.69. The van der Waals surface area contributed by atoms with Crippen LogP contribution >= 0.6 is 0 Å². The van der Waals surface area contributed by atoms with Gasteiger partial charge in [-0.3, -0.25) is 14.6 Å². The zero-order chi connectivity index (χ0) is 21.9. The summed E-state index contributed by atoms with van der Waals surface area (Å²) in [6.45, 7) is 2.59. The maximum atomic E-state index is 13.2. The van der Waals surface area contributed by atoms with Crippen LogP contribution < -0.4 is 4.74 Å². The number of rotatable bonds is 5. The number of fused-ring (bicyclic) bond motifs is 1. The summed E-state index contributed by atoms with van der Waals surface area (Å²) in [5, 5.41) is 0. The number of ether oxygens (including phenoxy) is 1. The van der Waals surface area contributed by atoms with Crippen LogP contribution in [0.25, 0.3) is 0 Å². The van der Waals surface area contributed by atoms with Gasteiger partial charge in [0.1, 0.15) is 12.4 Å². The number of pyridine rings is 1. The van der Waals surface area contributed by atoms with Gasteiger partial charge in [-0.15, -0.1) is 0 Å². The van der Waals surface area contributed by atoms with Gasteiger partial charge in [0, 0.05) is 43.4 Å². The first-order valence-corrected chi connectivity index (χ1v) is 11.9. The minimum Gasteiger partial charge on any atom is -0.491 e. The van der Waals surface area contributed by atoms with E-state index < -0.39 is 0 Å². The Kier molecular flexibility index (Phi) is 6.10. The third-order valence-corrected chi connectivity index (χ3v) is 6.86. The fourth-order valence-corrected chi connectivity index (χ4v) is 4.92. The van der Waals surface area contributed by atoms with E-state index in [1.54, 1.807) is 6.20 Å². The van der Waals surface area contributed by atoms with Gasteiger partial charge in [0.05, 0.1) is 12.6 Å². The third-order valence-electron chi connectivity index (χ3n) is 6.86. The van der Waals surface area contributed by atoms with Crippen molar-refractivity contribution >= 4 is 11.8 Å². The van der Waals surface area contributed by atoms with Crippen LogP contribution in [0.2, 0.25) is 0 Å². The van der Waals surface area contributed by atoms with Crippen molar-refractivity contribution in [2.45, 2.75) is 57.5 Å². The van der Waals surface area contributed by atoms with Crippen molar-refractivity contribution in [1.29, 1.82) is 0 Å². The number of piperidine rings is 1. The van der Waals surface area contributed by atoms with E-state index in [2.05, 4.69) is 23.2 Å². The molecule has 3 heterocycles. The van der Waals surface area contributed by atoms with Gasteiger partial charge in [0.25, 0.3) is 0 Å². The van der Waals surface area contributed by atoms with E-state index in [4.69, 9.17) is 4.74 Å². The highest BCUT2D eigenvalue weighted by Crippen LogP contribution is 2.34. The third kappa shape index (κ3) is 4.64. The lowest BCUT2D eigenvalue weighted by Gasteiger charge is -2.36. The van der Waals surface area contributed by atoms with E-state index in [1.807, 2.05) is 28.1 Å². The molecule has 6 heteroatoms. The molecule has 0 radical (unpaired) electrons. The number of aromatic nitrogens is 1. The van der Waals surface area contributed by atoms with E-state index in [0.717, 1.165) is 61.1 Å². The molecule has 0 N–H and O–H groups in total. The number of nitrogens with zero attached hydrogens (tertiary/aromatic N) is 3. The first kappa shape index (κ1) is 21.0. The summed E-state index contributed by atoms with van der Waals surface area (Å²) < 4.78 is 5.89. The molecule has 1 aliphatic carbocycles. The van der Waals surface area contributed by atoms with Crippen LogP contribution in [0.15, 0.2) is 42.7 Å². The number of carbonyl (C=O) groups is 2. The molecular formula is C26H31N3O3. The average molecular weight is 434 g/mol. The molecule has 2 aliphatic heterocycles. The second-order valence-electron chi connectivity index (χ2n) is 9.21. The SMILES string of the molecule is O=C(C1CC1)N1CCOc2ccc(CCC(=O)N3CCCCC3c3cccnc3)cc2C1. The van der Waals surface area contributed by atoms with Crippen LogP contribution in [0.1, 0.15) is 61.3 Å². The van der Waals surface area contributed by atoms with Crippen LogP contribution in [-0.4, -0.2) is 46.3 Å². The Hall–Kier alpha value is -2.89. The zero-order valence-corrected chi connectivity index (χ0v) is 18.5. The summed E-state index contributed by atoms with van der Waals surface area (Å²) in [5.41, 5.74) is 3.30. The van der Waals surface area contributed by atoms with Crippen molar-refractivity contribution in [1.82, 2.24) is 14.8 Å². The number of carbonyl (C=O) groups excluding carboxylic acids is 2. The lowest BCUT2D eigenvalue weighted by atomic mass is 9.95. The monoisotopic (exact) mass is 433 g/mol. The molecule has 2 amide bonds. The lowest BCUT2D eigenvalue weighted by Crippen LogP contribution is -2.38. The van der Waals surface area contributed by atoms with Crippen molar-refractivity contribution in [3.8, 4) is 5.75 Å². The highest BCUT2D eigenvalue weighted by Gasteiger charge is 2.34. The summed E-state index contributed by atoms with van der Waals surface area (Å²) in [6, 6.07) is 10.3.